The number of carbonyl (C=O) groups is 1. The number of nitrogens with zero attached hydrogens (tertiary/aromatic N) is 3. The second-order valence-electron chi connectivity index (χ2n) is 4.95. The largest absolute Gasteiger partial charge is 0.338 e. The van der Waals surface area contributed by atoms with E-state index in [1.54, 1.807) is 11.1 Å². The van der Waals surface area contributed by atoms with E-state index in [-0.39, 0.29) is 6.03 Å². The zero-order chi connectivity index (χ0) is 15.3. The van der Waals surface area contributed by atoms with Gasteiger partial charge in [0.15, 0.2) is 0 Å². The molecule has 0 radical (unpaired) electrons. The summed E-state index contributed by atoms with van der Waals surface area (Å²) in [6.45, 7) is 2.06. The fourth-order valence-electron chi connectivity index (χ4n) is 2.18. The quantitative estimate of drug-likeness (QED) is 0.842. The van der Waals surface area contributed by atoms with E-state index >= 15 is 0 Å². The maximum Gasteiger partial charge on any atom is 0.317 e. The fourth-order valence-corrected chi connectivity index (χ4v) is 3.00. The molecule has 0 bridgehead atoms. The highest BCUT2D eigenvalue weighted by Crippen LogP contribution is 2.06. The monoisotopic (exact) mass is 312 g/mol. The van der Waals surface area contributed by atoms with E-state index < -0.39 is 10.0 Å². The molecule has 1 N–H and O–H groups in total. The molecule has 1 aliphatic heterocycles. The third kappa shape index (κ3) is 4.68. The van der Waals surface area contributed by atoms with E-state index in [0.29, 0.717) is 39.1 Å². The maximum absolute atomic E-state index is 12.0. The Morgan fingerprint density at radius 3 is 2.57 bits per heavy atom. The van der Waals surface area contributed by atoms with Gasteiger partial charge < -0.3 is 10.2 Å². The summed E-state index contributed by atoms with van der Waals surface area (Å²) in [5, 5.41) is 2.83. The normalized spacial score (nSPS) is 16.7. The van der Waals surface area contributed by atoms with Gasteiger partial charge in [0.25, 0.3) is 0 Å². The summed E-state index contributed by atoms with van der Waals surface area (Å²) >= 11 is 0. The van der Waals surface area contributed by atoms with Gasteiger partial charge >= 0.3 is 6.03 Å². The van der Waals surface area contributed by atoms with Crippen molar-refractivity contribution in [2.75, 3.05) is 39.0 Å². The molecule has 1 aromatic rings. The van der Waals surface area contributed by atoms with Crippen LogP contribution in [0.15, 0.2) is 24.4 Å². The Morgan fingerprint density at radius 2 is 2.00 bits per heavy atom. The number of hydrogen-bond acceptors (Lipinski definition) is 4. The highest BCUT2D eigenvalue weighted by atomic mass is 32.2. The van der Waals surface area contributed by atoms with E-state index in [2.05, 4.69) is 10.3 Å². The molecule has 0 aliphatic carbocycles. The molecule has 8 heteroatoms. The zero-order valence-corrected chi connectivity index (χ0v) is 12.8. The first-order valence-corrected chi connectivity index (χ1v) is 8.69. The number of hydrogen-bond donors (Lipinski definition) is 1. The lowest BCUT2D eigenvalue weighted by molar-refractivity contribution is 0.172. The van der Waals surface area contributed by atoms with Gasteiger partial charge in [-0.1, -0.05) is 6.07 Å². The van der Waals surface area contributed by atoms with Crippen molar-refractivity contribution in [2.24, 2.45) is 0 Å². The highest BCUT2D eigenvalue weighted by molar-refractivity contribution is 7.88. The molecule has 7 nitrogen and oxygen atoms in total. The predicted molar refractivity (Wildman–Crippen MR) is 79.3 cm³/mol. The Morgan fingerprint density at radius 1 is 1.29 bits per heavy atom. The first-order valence-electron chi connectivity index (χ1n) is 6.84. The van der Waals surface area contributed by atoms with Crippen LogP contribution in [0.25, 0.3) is 0 Å². The fraction of sp³-hybridized carbons (Fsp3) is 0.538. The van der Waals surface area contributed by atoms with Gasteiger partial charge in [-0.05, 0) is 12.1 Å². The van der Waals surface area contributed by atoms with Crippen LogP contribution < -0.4 is 5.32 Å². The Hall–Kier alpha value is -1.67. The Labute approximate surface area is 125 Å². The van der Waals surface area contributed by atoms with E-state index in [0.717, 1.165) is 5.69 Å². The standard InChI is InChI=1S/C13H20N4O3S/c1-21(19,20)17-10-8-16(9-11-17)13(18)15-7-5-12-4-2-3-6-14-12/h2-4,6H,5,7-11H2,1H3,(H,15,18). The molecule has 2 heterocycles. The zero-order valence-electron chi connectivity index (χ0n) is 12.0. The van der Waals surface area contributed by atoms with Gasteiger partial charge in [-0.25, -0.2) is 13.2 Å². The molecule has 2 amide bonds. The summed E-state index contributed by atoms with van der Waals surface area (Å²) in [5.41, 5.74) is 0.930. The lowest BCUT2D eigenvalue weighted by Crippen LogP contribution is -2.53. The molecule has 0 saturated carbocycles. The smallest absolute Gasteiger partial charge is 0.317 e. The number of nitrogens with one attached hydrogen (secondary N) is 1. The van der Waals surface area contributed by atoms with Crippen LogP contribution in [0.5, 0.6) is 0 Å². The van der Waals surface area contributed by atoms with Crippen LogP contribution in [0.1, 0.15) is 5.69 Å². The van der Waals surface area contributed by atoms with Gasteiger partial charge in [0, 0.05) is 51.0 Å². The molecule has 21 heavy (non-hydrogen) atoms. The Balaban J connectivity index is 1.73. The number of sulfonamides is 1. The van der Waals surface area contributed by atoms with Crippen LogP contribution >= 0.6 is 0 Å². The molecule has 0 unspecified atom stereocenters. The summed E-state index contributed by atoms with van der Waals surface area (Å²) in [7, 11) is -3.16. The lowest BCUT2D eigenvalue weighted by atomic mass is 10.3. The molecule has 0 aromatic carbocycles. The van der Waals surface area contributed by atoms with Gasteiger partial charge in [-0.3, -0.25) is 4.98 Å². The molecular formula is C13H20N4O3S. The van der Waals surface area contributed by atoms with Gasteiger partial charge in [-0.2, -0.15) is 4.31 Å². The van der Waals surface area contributed by atoms with Crippen molar-refractivity contribution in [2.45, 2.75) is 6.42 Å². The number of carbonyl (C=O) groups excluding carboxylic acids is 1. The van der Waals surface area contributed by atoms with Crippen LogP contribution in [0.2, 0.25) is 0 Å². The number of pyridine rings is 1. The summed E-state index contributed by atoms with van der Waals surface area (Å²) in [4.78, 5) is 17.8. The lowest BCUT2D eigenvalue weighted by Gasteiger charge is -2.33. The van der Waals surface area contributed by atoms with Gasteiger partial charge in [0.1, 0.15) is 0 Å². The molecule has 1 aromatic heterocycles. The van der Waals surface area contributed by atoms with E-state index in [1.807, 2.05) is 18.2 Å². The number of rotatable bonds is 4. The van der Waals surface area contributed by atoms with Crippen molar-refractivity contribution in [1.82, 2.24) is 19.5 Å². The van der Waals surface area contributed by atoms with E-state index in [1.165, 1.54) is 10.6 Å². The minimum absolute atomic E-state index is 0.154. The topological polar surface area (TPSA) is 82.6 Å². The second-order valence-corrected chi connectivity index (χ2v) is 6.93. The molecule has 2 rings (SSSR count). The molecule has 1 aliphatic rings. The SMILES string of the molecule is CS(=O)(=O)N1CCN(C(=O)NCCc2ccccn2)CC1. The summed E-state index contributed by atoms with van der Waals surface area (Å²) < 4.78 is 24.2. The summed E-state index contributed by atoms with van der Waals surface area (Å²) in [6.07, 6.45) is 3.59. The van der Waals surface area contributed by atoms with Crippen molar-refractivity contribution in [3.8, 4) is 0 Å². The average molecular weight is 312 g/mol. The van der Waals surface area contributed by atoms with E-state index in [9.17, 15) is 13.2 Å². The number of aromatic nitrogens is 1. The van der Waals surface area contributed by atoms with Crippen LogP contribution in [0, 0.1) is 0 Å². The molecule has 1 saturated heterocycles. The Kier molecular flexibility index (Phi) is 5.13. The van der Waals surface area contributed by atoms with Gasteiger partial charge in [-0.15, -0.1) is 0 Å². The first kappa shape index (κ1) is 15.7. The van der Waals surface area contributed by atoms with Crippen molar-refractivity contribution >= 4 is 16.1 Å². The van der Waals surface area contributed by atoms with Crippen molar-refractivity contribution < 1.29 is 13.2 Å². The van der Waals surface area contributed by atoms with Gasteiger partial charge in [0.2, 0.25) is 10.0 Å². The third-order valence-electron chi connectivity index (χ3n) is 3.38. The number of piperazine rings is 1. The van der Waals surface area contributed by atoms with Gasteiger partial charge in [0.05, 0.1) is 6.26 Å². The maximum atomic E-state index is 12.0. The predicted octanol–water partition coefficient (Wildman–Crippen LogP) is -0.0891. The van der Waals surface area contributed by atoms with Crippen LogP contribution in [-0.2, 0) is 16.4 Å². The summed E-state index contributed by atoms with van der Waals surface area (Å²) in [6, 6.07) is 5.52. The van der Waals surface area contributed by atoms with Crippen molar-refractivity contribution in [3.05, 3.63) is 30.1 Å². The third-order valence-corrected chi connectivity index (χ3v) is 4.68. The molecule has 0 spiro atoms. The molecular weight excluding hydrogens is 292 g/mol. The van der Waals surface area contributed by atoms with Crippen LogP contribution in [0.4, 0.5) is 4.79 Å². The Bertz CT molecular complexity index is 568. The molecule has 1 fully saturated rings. The summed E-state index contributed by atoms with van der Waals surface area (Å²) in [5.74, 6) is 0. The molecule has 0 atom stereocenters. The van der Waals surface area contributed by atoms with Crippen molar-refractivity contribution in [1.29, 1.82) is 0 Å². The van der Waals surface area contributed by atoms with Crippen LogP contribution in [0.3, 0.4) is 0 Å². The minimum Gasteiger partial charge on any atom is -0.338 e. The first-order chi connectivity index (χ1) is 9.97. The number of amides is 2. The highest BCUT2D eigenvalue weighted by Gasteiger charge is 2.25. The van der Waals surface area contributed by atoms with Crippen LogP contribution in [-0.4, -0.2) is 67.6 Å². The second kappa shape index (κ2) is 6.86. The average Bonchev–Trinajstić information content (AvgIpc) is 2.47. The van der Waals surface area contributed by atoms with E-state index in [4.69, 9.17) is 0 Å². The van der Waals surface area contributed by atoms with Crippen molar-refractivity contribution in [3.63, 3.8) is 0 Å². The number of urea groups is 1. The molecule has 116 valence electrons. The minimum atomic E-state index is -3.16.